The molecule has 0 fully saturated rings. The predicted octanol–water partition coefficient (Wildman–Crippen LogP) is 3.56. The van der Waals surface area contributed by atoms with Crippen LogP contribution in [0.3, 0.4) is 0 Å². The molecule has 3 rings (SSSR count). The third kappa shape index (κ3) is 3.22. The molecule has 0 aliphatic carbocycles. The summed E-state index contributed by atoms with van der Waals surface area (Å²) in [5, 5.41) is 0. The van der Waals surface area contributed by atoms with Crippen LogP contribution in [0.4, 0.5) is 4.39 Å². The van der Waals surface area contributed by atoms with Crippen molar-refractivity contribution < 1.29 is 13.9 Å². The molecule has 0 saturated carbocycles. The number of halogens is 1. The zero-order chi connectivity index (χ0) is 15.4. The lowest BCUT2D eigenvalue weighted by Crippen LogP contribution is -2.00. The van der Waals surface area contributed by atoms with Gasteiger partial charge in [0.2, 0.25) is 0 Å². The number of aliphatic imine (C=N–C) groups is 1. The molecule has 1 aliphatic rings. The molecule has 4 heteroatoms. The Morgan fingerprint density at radius 2 is 1.95 bits per heavy atom. The summed E-state index contributed by atoms with van der Waals surface area (Å²) in [5.74, 6) is 0.414. The van der Waals surface area contributed by atoms with Crippen molar-refractivity contribution in [3.63, 3.8) is 0 Å². The first-order valence-electron chi connectivity index (χ1n) is 7.25. The van der Waals surface area contributed by atoms with Gasteiger partial charge >= 0.3 is 0 Å². The van der Waals surface area contributed by atoms with Gasteiger partial charge in [-0.25, -0.2) is 4.39 Å². The normalized spacial score (nSPS) is 17.1. The van der Waals surface area contributed by atoms with Crippen molar-refractivity contribution in [2.24, 2.45) is 4.99 Å². The number of carbonyl (C=O) groups excluding carboxylic acids is 1. The van der Waals surface area contributed by atoms with Gasteiger partial charge in [0.15, 0.2) is 0 Å². The van der Waals surface area contributed by atoms with Crippen molar-refractivity contribution in [2.75, 3.05) is 0 Å². The summed E-state index contributed by atoms with van der Waals surface area (Å²) >= 11 is 0. The maximum Gasteiger partial charge on any atom is 0.144 e. The average Bonchev–Trinajstić information content (AvgIpc) is 3.04. The zero-order valence-electron chi connectivity index (χ0n) is 12.0. The number of hydrogen-bond donors (Lipinski definition) is 0. The molecule has 0 radical (unpaired) electrons. The van der Waals surface area contributed by atoms with Gasteiger partial charge in [-0.2, -0.15) is 0 Å². The molecule has 0 amide bonds. The van der Waals surface area contributed by atoms with Crippen LogP contribution in [0.15, 0.2) is 53.5 Å². The van der Waals surface area contributed by atoms with Gasteiger partial charge in [-0.3, -0.25) is 4.99 Å². The Bertz CT molecular complexity index is 694. The molecule has 1 atom stereocenters. The van der Waals surface area contributed by atoms with E-state index >= 15 is 0 Å². The van der Waals surface area contributed by atoms with Crippen LogP contribution in [0.2, 0.25) is 0 Å². The summed E-state index contributed by atoms with van der Waals surface area (Å²) in [4.78, 5) is 15.1. The van der Waals surface area contributed by atoms with Gasteiger partial charge in [0, 0.05) is 11.3 Å². The summed E-state index contributed by atoms with van der Waals surface area (Å²) in [7, 11) is 0. The molecule has 112 valence electrons. The first kappa shape index (κ1) is 14.4. The highest BCUT2D eigenvalue weighted by atomic mass is 19.1. The molecule has 22 heavy (non-hydrogen) atoms. The van der Waals surface area contributed by atoms with E-state index < -0.39 is 0 Å². The second kappa shape index (κ2) is 6.52. The van der Waals surface area contributed by atoms with E-state index in [0.717, 1.165) is 30.4 Å². The Balaban J connectivity index is 1.65. The Hall–Kier alpha value is -2.49. The van der Waals surface area contributed by atoms with Crippen LogP contribution >= 0.6 is 0 Å². The molecule has 0 saturated heterocycles. The van der Waals surface area contributed by atoms with Crippen molar-refractivity contribution >= 4 is 12.0 Å². The van der Waals surface area contributed by atoms with E-state index in [1.807, 2.05) is 24.3 Å². The fraction of sp³-hybridized carbons (Fsp3) is 0.222. The maximum atomic E-state index is 13.5. The quantitative estimate of drug-likeness (QED) is 0.792. The number of rotatable bonds is 5. The SMILES string of the molecule is O=C[C@@H]1CCC(c2ccc(OCc3ccccc3F)cc2)=N1. The number of carbonyl (C=O) groups is 1. The Kier molecular flexibility index (Phi) is 4.28. The van der Waals surface area contributed by atoms with Crippen LogP contribution in [-0.2, 0) is 11.4 Å². The number of aldehydes is 1. The summed E-state index contributed by atoms with van der Waals surface area (Å²) in [5.41, 5.74) is 2.49. The summed E-state index contributed by atoms with van der Waals surface area (Å²) in [6, 6.07) is 13.9. The largest absolute Gasteiger partial charge is 0.489 e. The Morgan fingerprint density at radius 1 is 1.18 bits per heavy atom. The molecule has 1 aliphatic heterocycles. The lowest BCUT2D eigenvalue weighted by Gasteiger charge is -2.08. The van der Waals surface area contributed by atoms with E-state index in [-0.39, 0.29) is 18.5 Å². The first-order chi connectivity index (χ1) is 10.8. The van der Waals surface area contributed by atoms with Gasteiger partial charge in [0.05, 0.1) is 0 Å². The topological polar surface area (TPSA) is 38.7 Å². The van der Waals surface area contributed by atoms with Gasteiger partial charge in [-0.05, 0) is 48.7 Å². The Morgan fingerprint density at radius 3 is 2.64 bits per heavy atom. The van der Waals surface area contributed by atoms with Gasteiger partial charge < -0.3 is 9.53 Å². The minimum absolute atomic E-state index is 0.195. The lowest BCUT2D eigenvalue weighted by atomic mass is 10.1. The zero-order valence-corrected chi connectivity index (χ0v) is 12.0. The summed E-state index contributed by atoms with van der Waals surface area (Å²) in [6.45, 7) is 0.195. The van der Waals surface area contributed by atoms with E-state index in [1.54, 1.807) is 18.2 Å². The van der Waals surface area contributed by atoms with E-state index in [4.69, 9.17) is 4.74 Å². The standard InChI is InChI=1S/C18H16FNO2/c19-17-4-2-1-3-14(17)12-22-16-8-5-13(6-9-16)18-10-7-15(11-21)20-18/h1-6,8-9,11,15H,7,10,12H2/t15-/m0/s1. The molecule has 0 unspecified atom stereocenters. The van der Waals surface area contributed by atoms with Gasteiger partial charge in [0.25, 0.3) is 0 Å². The van der Waals surface area contributed by atoms with Gasteiger partial charge in [-0.15, -0.1) is 0 Å². The summed E-state index contributed by atoms with van der Waals surface area (Å²) < 4.78 is 19.1. The van der Waals surface area contributed by atoms with Crippen molar-refractivity contribution in [3.05, 3.63) is 65.5 Å². The van der Waals surface area contributed by atoms with Crippen LogP contribution in [0.1, 0.15) is 24.0 Å². The average molecular weight is 297 g/mol. The highest BCUT2D eigenvalue weighted by Crippen LogP contribution is 2.21. The van der Waals surface area contributed by atoms with Crippen LogP contribution in [-0.4, -0.2) is 18.0 Å². The van der Waals surface area contributed by atoms with Crippen molar-refractivity contribution in [1.82, 2.24) is 0 Å². The van der Waals surface area contributed by atoms with Crippen molar-refractivity contribution in [3.8, 4) is 5.75 Å². The molecule has 1 heterocycles. The number of nitrogens with zero attached hydrogens (tertiary/aromatic N) is 1. The third-order valence-electron chi connectivity index (χ3n) is 3.70. The summed E-state index contributed by atoms with van der Waals surface area (Å²) in [6.07, 6.45) is 2.49. The highest BCUT2D eigenvalue weighted by molar-refractivity contribution is 6.02. The number of hydrogen-bond acceptors (Lipinski definition) is 3. The third-order valence-corrected chi connectivity index (χ3v) is 3.70. The van der Waals surface area contributed by atoms with Crippen LogP contribution < -0.4 is 4.74 Å². The fourth-order valence-corrected chi connectivity index (χ4v) is 2.45. The van der Waals surface area contributed by atoms with Gasteiger partial charge in [-0.1, -0.05) is 18.2 Å². The van der Waals surface area contributed by atoms with Crippen LogP contribution in [0.25, 0.3) is 0 Å². The lowest BCUT2D eigenvalue weighted by molar-refractivity contribution is -0.108. The maximum absolute atomic E-state index is 13.5. The molecule has 0 bridgehead atoms. The second-order valence-electron chi connectivity index (χ2n) is 5.22. The Labute approximate surface area is 128 Å². The number of benzene rings is 2. The predicted molar refractivity (Wildman–Crippen MR) is 82.8 cm³/mol. The van der Waals surface area contributed by atoms with Crippen molar-refractivity contribution in [2.45, 2.75) is 25.5 Å². The molecule has 2 aromatic rings. The molecule has 0 aromatic heterocycles. The highest BCUT2D eigenvalue weighted by Gasteiger charge is 2.17. The van der Waals surface area contributed by atoms with E-state index in [9.17, 15) is 9.18 Å². The molecular weight excluding hydrogens is 281 g/mol. The minimum atomic E-state index is -0.265. The molecule has 0 spiro atoms. The molecular formula is C18H16FNO2. The molecule has 0 N–H and O–H groups in total. The first-order valence-corrected chi connectivity index (χ1v) is 7.25. The molecule has 2 aromatic carbocycles. The monoisotopic (exact) mass is 297 g/mol. The fourth-order valence-electron chi connectivity index (χ4n) is 2.45. The van der Waals surface area contributed by atoms with E-state index in [1.165, 1.54) is 6.07 Å². The van der Waals surface area contributed by atoms with Gasteiger partial charge in [0.1, 0.15) is 30.5 Å². The van der Waals surface area contributed by atoms with Crippen LogP contribution in [0, 0.1) is 5.82 Å². The smallest absolute Gasteiger partial charge is 0.144 e. The minimum Gasteiger partial charge on any atom is -0.489 e. The van der Waals surface area contributed by atoms with Crippen LogP contribution in [0.5, 0.6) is 5.75 Å². The second-order valence-corrected chi connectivity index (χ2v) is 5.22. The molecule has 3 nitrogen and oxygen atoms in total. The van der Waals surface area contributed by atoms with E-state index in [2.05, 4.69) is 4.99 Å². The van der Waals surface area contributed by atoms with Crippen molar-refractivity contribution in [1.29, 1.82) is 0 Å². The number of ether oxygens (including phenoxy) is 1. The van der Waals surface area contributed by atoms with E-state index in [0.29, 0.717) is 11.3 Å².